The van der Waals surface area contributed by atoms with Gasteiger partial charge >= 0.3 is 0 Å². The molecule has 0 saturated heterocycles. The molecule has 0 saturated carbocycles. The van der Waals surface area contributed by atoms with Crippen LogP contribution < -0.4 is 10.5 Å². The van der Waals surface area contributed by atoms with Gasteiger partial charge in [0.05, 0.1) is 11.1 Å². The normalized spacial score (nSPS) is 11.8. The average Bonchev–Trinajstić information content (AvgIpc) is 2.85. The highest BCUT2D eigenvalue weighted by molar-refractivity contribution is 7.89. The Morgan fingerprint density at radius 2 is 2.00 bits per heavy atom. The van der Waals surface area contributed by atoms with Gasteiger partial charge in [-0.1, -0.05) is 6.07 Å². The van der Waals surface area contributed by atoms with Gasteiger partial charge < -0.3 is 5.73 Å². The van der Waals surface area contributed by atoms with E-state index in [9.17, 15) is 8.42 Å². The van der Waals surface area contributed by atoms with Gasteiger partial charge in [-0.15, -0.1) is 0 Å². The number of nitrogens with two attached hydrogens (primary N) is 1. The first kappa shape index (κ1) is 15.7. The van der Waals surface area contributed by atoms with E-state index >= 15 is 0 Å². The van der Waals surface area contributed by atoms with Gasteiger partial charge in [-0.05, 0) is 36.6 Å². The maximum Gasteiger partial charge on any atom is 0.241 e. The second kappa shape index (κ2) is 5.97. The van der Waals surface area contributed by atoms with Crippen molar-refractivity contribution in [3.05, 3.63) is 46.8 Å². The Bertz CT molecular complexity index is 750. The van der Waals surface area contributed by atoms with Crippen LogP contribution in [0.5, 0.6) is 0 Å². The van der Waals surface area contributed by atoms with Crippen molar-refractivity contribution in [1.29, 1.82) is 0 Å². The molecule has 3 N–H and O–H groups in total. The zero-order valence-corrected chi connectivity index (χ0v) is 13.2. The molecular weight excluding hydrogens is 288 g/mol. The molecule has 0 bridgehead atoms. The topological polar surface area (TPSA) is 90.0 Å². The molecule has 7 heteroatoms. The van der Waals surface area contributed by atoms with E-state index in [-0.39, 0.29) is 11.4 Å². The summed E-state index contributed by atoms with van der Waals surface area (Å²) in [5.41, 5.74) is 8.90. The lowest BCUT2D eigenvalue weighted by atomic mass is 10.1. The minimum absolute atomic E-state index is 0.210. The molecule has 0 atom stereocenters. The van der Waals surface area contributed by atoms with Crippen LogP contribution in [0.15, 0.2) is 29.4 Å². The Kier molecular flexibility index (Phi) is 4.46. The lowest BCUT2D eigenvalue weighted by molar-refractivity contribution is 0.580. The summed E-state index contributed by atoms with van der Waals surface area (Å²) in [4.78, 5) is 0.284. The smallest absolute Gasteiger partial charge is 0.241 e. The van der Waals surface area contributed by atoms with E-state index in [1.165, 1.54) is 0 Å². The fraction of sp³-hybridized carbons (Fsp3) is 0.357. The summed E-state index contributed by atoms with van der Waals surface area (Å²) in [6, 6.07) is 3.55. The zero-order valence-electron chi connectivity index (χ0n) is 12.4. The molecule has 21 heavy (non-hydrogen) atoms. The molecule has 0 aliphatic heterocycles. The largest absolute Gasteiger partial charge is 0.326 e. The van der Waals surface area contributed by atoms with E-state index in [0.717, 1.165) is 22.3 Å². The number of nitrogens with one attached hydrogen (secondary N) is 1. The van der Waals surface area contributed by atoms with Gasteiger partial charge in [0.2, 0.25) is 10.0 Å². The van der Waals surface area contributed by atoms with Gasteiger partial charge in [0, 0.05) is 31.9 Å². The lowest BCUT2D eigenvalue weighted by Gasteiger charge is -2.12. The molecule has 0 amide bonds. The van der Waals surface area contributed by atoms with Crippen molar-refractivity contribution in [2.45, 2.75) is 31.8 Å². The van der Waals surface area contributed by atoms with E-state index in [0.29, 0.717) is 6.54 Å². The van der Waals surface area contributed by atoms with Crippen molar-refractivity contribution in [3.8, 4) is 0 Å². The van der Waals surface area contributed by atoms with E-state index in [1.54, 1.807) is 37.1 Å². The van der Waals surface area contributed by atoms with Crippen LogP contribution >= 0.6 is 0 Å². The zero-order chi connectivity index (χ0) is 15.6. The predicted octanol–water partition coefficient (Wildman–Crippen LogP) is 0.974. The molecule has 6 nitrogen and oxygen atoms in total. The van der Waals surface area contributed by atoms with Crippen LogP contribution in [0.3, 0.4) is 0 Å². The van der Waals surface area contributed by atoms with Crippen LogP contribution in [0.1, 0.15) is 22.3 Å². The minimum atomic E-state index is -3.58. The Morgan fingerprint density at radius 3 is 2.57 bits per heavy atom. The number of aromatic nitrogens is 2. The molecule has 0 radical (unpaired) electrons. The molecule has 114 valence electrons. The number of nitrogens with zero attached hydrogens (tertiary/aromatic N) is 2. The van der Waals surface area contributed by atoms with E-state index in [4.69, 9.17) is 5.73 Å². The van der Waals surface area contributed by atoms with Crippen LogP contribution in [0.4, 0.5) is 0 Å². The van der Waals surface area contributed by atoms with Gasteiger partial charge in [-0.2, -0.15) is 5.10 Å². The van der Waals surface area contributed by atoms with Gasteiger partial charge in [-0.3, -0.25) is 4.68 Å². The first-order valence-electron chi connectivity index (χ1n) is 6.61. The molecule has 2 rings (SSSR count). The third-order valence-corrected chi connectivity index (χ3v) is 4.96. The highest BCUT2D eigenvalue weighted by atomic mass is 32.2. The SMILES string of the molecule is Cc1cc(CN)cc(S(=O)(=O)NCc2cnn(C)c2)c1C. The molecule has 2 aromatic rings. The fourth-order valence-corrected chi connectivity index (χ4v) is 3.50. The first-order valence-corrected chi connectivity index (χ1v) is 8.09. The third-order valence-electron chi connectivity index (χ3n) is 3.43. The maximum absolute atomic E-state index is 12.5. The summed E-state index contributed by atoms with van der Waals surface area (Å²) >= 11 is 0. The molecule has 1 aromatic carbocycles. The standard InChI is InChI=1S/C14H20N4O2S/c1-10-4-12(6-15)5-14(11(10)2)21(19,20)17-8-13-7-16-18(3)9-13/h4-5,7,9,17H,6,8,15H2,1-3H3. The quantitative estimate of drug-likeness (QED) is 0.861. The fourth-order valence-electron chi connectivity index (χ4n) is 2.12. The Hall–Kier alpha value is -1.70. The molecule has 0 aliphatic carbocycles. The summed E-state index contributed by atoms with van der Waals surface area (Å²) in [5, 5.41) is 4.01. The van der Waals surface area contributed by atoms with Crippen molar-refractivity contribution in [1.82, 2.24) is 14.5 Å². The number of hydrogen-bond acceptors (Lipinski definition) is 4. The summed E-state index contributed by atoms with van der Waals surface area (Å²) in [5.74, 6) is 0. The van der Waals surface area contributed by atoms with E-state index in [1.807, 2.05) is 13.0 Å². The Morgan fingerprint density at radius 1 is 1.29 bits per heavy atom. The molecule has 0 spiro atoms. The van der Waals surface area contributed by atoms with Crippen LogP contribution in [0, 0.1) is 13.8 Å². The van der Waals surface area contributed by atoms with Crippen LogP contribution in [-0.2, 0) is 30.2 Å². The molecule has 0 fully saturated rings. The van der Waals surface area contributed by atoms with E-state index in [2.05, 4.69) is 9.82 Å². The number of hydrogen-bond donors (Lipinski definition) is 2. The first-order chi connectivity index (χ1) is 9.83. The second-order valence-corrected chi connectivity index (χ2v) is 6.82. The summed E-state index contributed by atoms with van der Waals surface area (Å²) in [7, 11) is -1.79. The van der Waals surface area contributed by atoms with Crippen LogP contribution in [-0.4, -0.2) is 18.2 Å². The van der Waals surface area contributed by atoms with E-state index < -0.39 is 10.0 Å². The highest BCUT2D eigenvalue weighted by Gasteiger charge is 2.18. The van der Waals surface area contributed by atoms with Crippen molar-refractivity contribution in [3.63, 3.8) is 0 Å². The molecule has 0 aliphatic rings. The predicted molar refractivity (Wildman–Crippen MR) is 81.0 cm³/mol. The van der Waals surface area contributed by atoms with Crippen LogP contribution in [0.25, 0.3) is 0 Å². The molecule has 1 heterocycles. The van der Waals surface area contributed by atoms with Gasteiger partial charge in [-0.25, -0.2) is 13.1 Å². The highest BCUT2D eigenvalue weighted by Crippen LogP contribution is 2.21. The summed E-state index contributed by atoms with van der Waals surface area (Å²) < 4.78 is 29.2. The van der Waals surface area contributed by atoms with Gasteiger partial charge in [0.25, 0.3) is 0 Å². The van der Waals surface area contributed by atoms with Crippen molar-refractivity contribution in [2.75, 3.05) is 0 Å². The average molecular weight is 308 g/mol. The number of sulfonamides is 1. The minimum Gasteiger partial charge on any atom is -0.326 e. The van der Waals surface area contributed by atoms with Gasteiger partial charge in [0.15, 0.2) is 0 Å². The summed E-state index contributed by atoms with van der Waals surface area (Å²) in [6.07, 6.45) is 3.41. The summed E-state index contributed by atoms with van der Waals surface area (Å²) in [6.45, 7) is 4.21. The van der Waals surface area contributed by atoms with Gasteiger partial charge in [0.1, 0.15) is 0 Å². The number of rotatable bonds is 5. The Labute approximate surface area is 125 Å². The molecule has 1 aromatic heterocycles. The number of benzene rings is 1. The van der Waals surface area contributed by atoms with Crippen molar-refractivity contribution >= 4 is 10.0 Å². The maximum atomic E-state index is 12.5. The van der Waals surface area contributed by atoms with Crippen molar-refractivity contribution in [2.24, 2.45) is 12.8 Å². The third kappa shape index (κ3) is 3.49. The molecular formula is C14H20N4O2S. The number of aryl methyl sites for hydroxylation is 2. The monoisotopic (exact) mass is 308 g/mol. The Balaban J connectivity index is 2.29. The second-order valence-electron chi connectivity index (χ2n) is 5.09. The van der Waals surface area contributed by atoms with Crippen molar-refractivity contribution < 1.29 is 8.42 Å². The lowest BCUT2D eigenvalue weighted by Crippen LogP contribution is -2.24. The van der Waals surface area contributed by atoms with Crippen LogP contribution in [0.2, 0.25) is 0 Å². The molecule has 0 unspecified atom stereocenters.